The number of halogens is 3. The Morgan fingerprint density at radius 2 is 1.86 bits per heavy atom. The Balaban J connectivity index is 1.94. The maximum absolute atomic E-state index is 14.1. The van der Waals surface area contributed by atoms with Crippen LogP contribution in [-0.2, 0) is 10.2 Å². The van der Waals surface area contributed by atoms with E-state index in [1.807, 2.05) is 0 Å². The largest absolute Gasteiger partial charge is 0.497 e. The number of ether oxygens (including phenoxy) is 1. The average Bonchev–Trinajstić information content (AvgIpc) is 2.98. The molecule has 0 saturated carbocycles. The fourth-order valence-electron chi connectivity index (χ4n) is 2.41. The van der Waals surface area contributed by atoms with Crippen LogP contribution in [0, 0.1) is 0 Å². The van der Waals surface area contributed by atoms with Gasteiger partial charge in [0.15, 0.2) is 0 Å². The second kappa shape index (κ2) is 7.53. The first-order valence-corrected chi connectivity index (χ1v) is 10.9. The zero-order valence-corrected chi connectivity index (χ0v) is 17.4. The Kier molecular flexibility index (Phi) is 5.62. The van der Waals surface area contributed by atoms with E-state index in [1.54, 1.807) is 24.3 Å². The molecule has 148 valence electrons. The number of carbonyl (C=O) groups is 1. The molecule has 3 rings (SSSR count). The third-order valence-corrected chi connectivity index (χ3v) is 7.31. The lowest BCUT2D eigenvalue weighted by Gasteiger charge is -2.16. The van der Waals surface area contributed by atoms with E-state index in [9.17, 15) is 18.1 Å². The predicted octanol–water partition coefficient (Wildman–Crippen LogP) is 5.15. The molecule has 0 radical (unpaired) electrons. The molecule has 6 nitrogen and oxygen atoms in total. The van der Waals surface area contributed by atoms with Gasteiger partial charge in [-0.05, 0) is 58.4 Å². The van der Waals surface area contributed by atoms with Crippen LogP contribution < -0.4 is 10.1 Å². The Hall–Kier alpha value is -1.84. The highest BCUT2D eigenvalue weighted by atomic mass is 79.9. The number of hydrogen-bond acceptors (Lipinski definition) is 4. The van der Waals surface area contributed by atoms with Crippen LogP contribution in [0.4, 0.5) is 14.5 Å². The van der Waals surface area contributed by atoms with Crippen molar-refractivity contribution in [2.75, 3.05) is 12.4 Å². The van der Waals surface area contributed by atoms with Gasteiger partial charge in [0.1, 0.15) is 10.6 Å². The Bertz CT molecular complexity index is 1100. The predicted molar refractivity (Wildman–Crippen MR) is 106 cm³/mol. The second-order valence-corrected chi connectivity index (χ2v) is 9.22. The van der Waals surface area contributed by atoms with Crippen LogP contribution in [0.3, 0.4) is 0 Å². The standard InChI is InChI=1S/C17H13BrF2NO5PS/c1-26-11-5-3-10(4-6-11)21-16(22)9-2-7-13-12(8-9)14(18)15(28-13)17(19,20)27(23,24)25/h2-8H,1H3,(H,21,22)(H2,23,24,25). The molecule has 0 unspecified atom stereocenters. The molecule has 3 aromatic rings. The summed E-state index contributed by atoms with van der Waals surface area (Å²) in [6.45, 7) is 0. The molecule has 0 fully saturated rings. The minimum Gasteiger partial charge on any atom is -0.497 e. The zero-order valence-electron chi connectivity index (χ0n) is 14.1. The van der Waals surface area contributed by atoms with Gasteiger partial charge in [0, 0.05) is 25.8 Å². The molecule has 3 N–H and O–H groups in total. The first-order valence-electron chi connectivity index (χ1n) is 7.66. The smallest absolute Gasteiger partial charge is 0.400 e. The highest BCUT2D eigenvalue weighted by Gasteiger charge is 2.53. The molecule has 0 bridgehead atoms. The first kappa shape index (κ1) is 20.9. The third-order valence-electron chi connectivity index (χ3n) is 3.88. The van der Waals surface area contributed by atoms with E-state index in [-0.39, 0.29) is 15.4 Å². The molecular weight excluding hydrogens is 479 g/mol. The number of anilines is 1. The van der Waals surface area contributed by atoms with E-state index in [0.29, 0.717) is 27.5 Å². The Labute approximate surface area is 170 Å². The summed E-state index contributed by atoms with van der Waals surface area (Å²) in [5.41, 5.74) is -3.61. The number of fused-ring (bicyclic) bond motifs is 1. The normalized spacial score (nSPS) is 12.2. The Morgan fingerprint density at radius 3 is 2.43 bits per heavy atom. The van der Waals surface area contributed by atoms with Crippen molar-refractivity contribution in [1.82, 2.24) is 0 Å². The zero-order chi connectivity index (χ0) is 20.7. The molecule has 0 atom stereocenters. The van der Waals surface area contributed by atoms with E-state index in [1.165, 1.54) is 25.3 Å². The minimum absolute atomic E-state index is 0.153. The van der Waals surface area contributed by atoms with Crippen LogP contribution in [0.1, 0.15) is 15.2 Å². The van der Waals surface area contributed by atoms with Crippen LogP contribution in [0.5, 0.6) is 5.75 Å². The summed E-state index contributed by atoms with van der Waals surface area (Å²) in [7, 11) is -4.18. The first-order chi connectivity index (χ1) is 13.0. The highest BCUT2D eigenvalue weighted by molar-refractivity contribution is 9.10. The molecule has 2 aromatic carbocycles. The SMILES string of the molecule is COc1ccc(NC(=O)c2ccc3sc(C(F)(F)P(=O)(O)O)c(Br)c3c2)cc1. The summed E-state index contributed by atoms with van der Waals surface area (Å²) in [5, 5.41) is 2.94. The second-order valence-electron chi connectivity index (χ2n) is 5.72. The molecule has 0 saturated heterocycles. The summed E-state index contributed by atoms with van der Waals surface area (Å²) in [5.74, 6) is 0.161. The van der Waals surface area contributed by atoms with Gasteiger partial charge in [-0.15, -0.1) is 11.3 Å². The molecule has 28 heavy (non-hydrogen) atoms. The van der Waals surface area contributed by atoms with Gasteiger partial charge in [-0.2, -0.15) is 8.78 Å². The van der Waals surface area contributed by atoms with Crippen molar-refractivity contribution in [2.45, 2.75) is 5.66 Å². The molecular formula is C17H13BrF2NO5PS. The van der Waals surface area contributed by atoms with Gasteiger partial charge in [-0.1, -0.05) is 0 Å². The van der Waals surface area contributed by atoms with Crippen molar-refractivity contribution in [3.63, 3.8) is 0 Å². The fraction of sp³-hybridized carbons (Fsp3) is 0.118. The number of thiophene rings is 1. The van der Waals surface area contributed by atoms with Crippen LogP contribution >= 0.6 is 34.9 Å². The van der Waals surface area contributed by atoms with E-state index in [0.717, 1.165) is 0 Å². The van der Waals surface area contributed by atoms with Crippen LogP contribution in [-0.4, -0.2) is 22.8 Å². The quantitative estimate of drug-likeness (QED) is 0.429. The minimum atomic E-state index is -5.70. The number of amides is 1. The molecule has 1 heterocycles. The summed E-state index contributed by atoms with van der Waals surface area (Å²) in [4.78, 5) is 29.6. The van der Waals surface area contributed by atoms with Gasteiger partial charge in [0.05, 0.1) is 7.11 Å². The van der Waals surface area contributed by atoms with Crippen molar-refractivity contribution < 1.29 is 32.7 Å². The van der Waals surface area contributed by atoms with Gasteiger partial charge in [-0.3, -0.25) is 9.36 Å². The van der Waals surface area contributed by atoms with Crippen LogP contribution in [0.15, 0.2) is 46.9 Å². The summed E-state index contributed by atoms with van der Waals surface area (Å²) < 4.78 is 44.6. The lowest BCUT2D eigenvalue weighted by atomic mass is 10.1. The monoisotopic (exact) mass is 491 g/mol. The van der Waals surface area contributed by atoms with Crippen LogP contribution in [0.25, 0.3) is 10.1 Å². The lowest BCUT2D eigenvalue weighted by Crippen LogP contribution is -2.12. The average molecular weight is 492 g/mol. The van der Waals surface area contributed by atoms with Gasteiger partial charge in [0.2, 0.25) is 0 Å². The van der Waals surface area contributed by atoms with Gasteiger partial charge >= 0.3 is 13.3 Å². The molecule has 0 aliphatic heterocycles. The van der Waals surface area contributed by atoms with E-state index in [4.69, 9.17) is 14.5 Å². The number of rotatable bonds is 5. The summed E-state index contributed by atoms with van der Waals surface area (Å²) >= 11 is 3.54. The number of methoxy groups -OCH3 is 1. The highest BCUT2D eigenvalue weighted by Crippen LogP contribution is 2.62. The third kappa shape index (κ3) is 3.83. The maximum Gasteiger partial charge on any atom is 0.400 e. The number of carbonyl (C=O) groups excluding carboxylic acids is 1. The van der Waals surface area contributed by atoms with E-state index >= 15 is 0 Å². The van der Waals surface area contributed by atoms with Crippen molar-refractivity contribution in [3.8, 4) is 5.75 Å². The molecule has 1 aromatic heterocycles. The van der Waals surface area contributed by atoms with Crippen molar-refractivity contribution in [3.05, 3.63) is 57.4 Å². The molecule has 0 aliphatic carbocycles. The summed E-state index contributed by atoms with van der Waals surface area (Å²) in [6, 6.07) is 10.9. The topological polar surface area (TPSA) is 95.9 Å². The van der Waals surface area contributed by atoms with Crippen molar-refractivity contribution in [1.29, 1.82) is 0 Å². The van der Waals surface area contributed by atoms with Gasteiger partial charge < -0.3 is 19.8 Å². The van der Waals surface area contributed by atoms with E-state index in [2.05, 4.69) is 21.2 Å². The molecule has 11 heteroatoms. The number of nitrogens with one attached hydrogen (secondary N) is 1. The molecule has 0 spiro atoms. The van der Waals surface area contributed by atoms with Gasteiger partial charge in [-0.25, -0.2) is 0 Å². The Morgan fingerprint density at radius 1 is 1.21 bits per heavy atom. The van der Waals surface area contributed by atoms with Crippen molar-refractivity contribution >= 4 is 56.5 Å². The van der Waals surface area contributed by atoms with E-state index < -0.39 is 24.0 Å². The van der Waals surface area contributed by atoms with Crippen LogP contribution in [0.2, 0.25) is 0 Å². The number of benzene rings is 2. The van der Waals surface area contributed by atoms with Crippen molar-refractivity contribution in [2.24, 2.45) is 0 Å². The maximum atomic E-state index is 14.1. The number of alkyl halides is 2. The number of hydrogen-bond donors (Lipinski definition) is 3. The molecule has 0 aliphatic rings. The lowest BCUT2D eigenvalue weighted by molar-refractivity contribution is 0.0595. The fourth-order valence-corrected chi connectivity index (χ4v) is 5.34. The summed E-state index contributed by atoms with van der Waals surface area (Å²) in [6.07, 6.45) is 0. The molecule has 1 amide bonds. The van der Waals surface area contributed by atoms with Gasteiger partial charge in [0.25, 0.3) is 5.91 Å².